The average Bonchev–Trinajstić information content (AvgIpc) is 2.86. The zero-order valence-corrected chi connectivity index (χ0v) is 18.7. The Labute approximate surface area is 193 Å². The van der Waals surface area contributed by atoms with Crippen molar-refractivity contribution in [2.75, 3.05) is 26.9 Å². The molecule has 0 unspecified atom stereocenters. The van der Waals surface area contributed by atoms with Crippen LogP contribution >= 0.6 is 0 Å². The summed E-state index contributed by atoms with van der Waals surface area (Å²) in [4.78, 5) is 16.3. The van der Waals surface area contributed by atoms with Gasteiger partial charge in [0.1, 0.15) is 43.3 Å². The summed E-state index contributed by atoms with van der Waals surface area (Å²) in [5.74, 6) is 1.60. The van der Waals surface area contributed by atoms with Crippen LogP contribution in [0.1, 0.15) is 18.1 Å². The van der Waals surface area contributed by atoms with Crippen LogP contribution < -0.4 is 14.2 Å². The van der Waals surface area contributed by atoms with E-state index in [1.807, 2.05) is 54.6 Å². The Morgan fingerprint density at radius 3 is 1.94 bits per heavy atom. The molecule has 3 aromatic rings. The van der Waals surface area contributed by atoms with E-state index in [1.165, 1.54) is 7.11 Å². The summed E-state index contributed by atoms with van der Waals surface area (Å²) in [5.41, 5.74) is 2.65. The van der Waals surface area contributed by atoms with E-state index in [0.717, 1.165) is 16.9 Å². The number of benzene rings is 3. The first-order valence-electron chi connectivity index (χ1n) is 10.6. The molecule has 0 atom stereocenters. The summed E-state index contributed by atoms with van der Waals surface area (Å²) in [6.45, 7) is 2.66. The van der Waals surface area contributed by atoms with Gasteiger partial charge in [0.05, 0.1) is 6.61 Å². The molecule has 0 aliphatic heterocycles. The van der Waals surface area contributed by atoms with Gasteiger partial charge < -0.3 is 23.8 Å². The predicted octanol–water partition coefficient (Wildman–Crippen LogP) is 4.64. The Morgan fingerprint density at radius 1 is 0.758 bits per heavy atom. The molecular weight excluding hydrogens is 422 g/mol. The molecule has 0 spiro atoms. The van der Waals surface area contributed by atoms with Crippen LogP contribution in [0.15, 0.2) is 84.0 Å². The summed E-state index contributed by atoms with van der Waals surface area (Å²) in [5, 5.41) is 4.06. The smallest absolute Gasteiger partial charge is 0.344 e. The van der Waals surface area contributed by atoms with Gasteiger partial charge in [0.2, 0.25) is 0 Å². The maximum atomic E-state index is 11.3. The minimum Gasteiger partial charge on any atom is -0.489 e. The Kier molecular flexibility index (Phi) is 9.15. The lowest BCUT2D eigenvalue weighted by Gasteiger charge is -2.11. The van der Waals surface area contributed by atoms with Crippen LogP contribution in [-0.4, -0.2) is 38.6 Å². The fourth-order valence-corrected chi connectivity index (χ4v) is 2.88. The lowest BCUT2D eigenvalue weighted by molar-refractivity contribution is -0.145. The molecule has 0 fully saturated rings. The Bertz CT molecular complexity index is 1020. The van der Waals surface area contributed by atoms with Gasteiger partial charge in [-0.2, -0.15) is 0 Å². The third-order valence-corrected chi connectivity index (χ3v) is 4.50. The number of hydrogen-bond donors (Lipinski definition) is 0. The minimum absolute atomic E-state index is 0.118. The molecule has 0 radical (unpaired) electrons. The van der Waals surface area contributed by atoms with Gasteiger partial charge in [0.25, 0.3) is 0 Å². The van der Waals surface area contributed by atoms with E-state index in [4.69, 9.17) is 23.8 Å². The topological polar surface area (TPSA) is 75.6 Å². The molecule has 0 amide bonds. The maximum absolute atomic E-state index is 11.3. The molecule has 0 saturated heterocycles. The first kappa shape index (κ1) is 23.7. The van der Waals surface area contributed by atoms with E-state index in [-0.39, 0.29) is 13.2 Å². The number of carbonyl (C=O) groups excluding carboxylic acids is 1. The van der Waals surface area contributed by atoms with Gasteiger partial charge in [0, 0.05) is 5.56 Å². The summed E-state index contributed by atoms with van der Waals surface area (Å²) >= 11 is 0. The summed E-state index contributed by atoms with van der Waals surface area (Å²) in [7, 11) is 1.52. The van der Waals surface area contributed by atoms with Crippen LogP contribution in [0.5, 0.6) is 17.2 Å². The van der Waals surface area contributed by atoms with Crippen LogP contribution in [0.2, 0.25) is 0 Å². The van der Waals surface area contributed by atoms with E-state index in [2.05, 4.69) is 5.16 Å². The lowest BCUT2D eigenvalue weighted by Crippen LogP contribution is -2.14. The number of rotatable bonds is 12. The molecule has 0 heterocycles. The SMILES string of the molecule is CCOC(=O)COc1ccc(OCc2ccc(OC/C(=N/OC)c3ccccc3)cc2)cc1. The Morgan fingerprint density at radius 2 is 1.33 bits per heavy atom. The highest BCUT2D eigenvalue weighted by Gasteiger charge is 2.07. The van der Waals surface area contributed by atoms with Crippen molar-refractivity contribution in [3.05, 3.63) is 90.0 Å². The van der Waals surface area contributed by atoms with E-state index < -0.39 is 5.97 Å². The second kappa shape index (κ2) is 12.8. The Balaban J connectivity index is 1.46. The molecule has 0 aromatic heterocycles. The standard InChI is InChI=1S/C26H27NO6/c1-3-30-26(28)19-33-24-15-13-23(14-16-24)31-17-20-9-11-22(12-10-20)32-18-25(27-29-2)21-7-5-4-6-8-21/h4-16H,3,17-19H2,1-2H3/b27-25-. The van der Waals surface area contributed by atoms with E-state index in [0.29, 0.717) is 30.4 Å². The number of oxime groups is 1. The molecule has 0 bridgehead atoms. The van der Waals surface area contributed by atoms with Gasteiger partial charge in [-0.05, 0) is 48.9 Å². The third kappa shape index (κ3) is 7.88. The molecule has 0 aliphatic rings. The van der Waals surface area contributed by atoms with Crippen molar-refractivity contribution in [3.63, 3.8) is 0 Å². The zero-order valence-electron chi connectivity index (χ0n) is 18.7. The molecule has 33 heavy (non-hydrogen) atoms. The van der Waals surface area contributed by atoms with Crippen LogP contribution in [0.3, 0.4) is 0 Å². The van der Waals surface area contributed by atoms with Crippen molar-refractivity contribution < 1.29 is 28.6 Å². The highest BCUT2D eigenvalue weighted by Crippen LogP contribution is 2.20. The molecule has 3 aromatic carbocycles. The molecule has 172 valence electrons. The average molecular weight is 450 g/mol. The largest absolute Gasteiger partial charge is 0.489 e. The minimum atomic E-state index is -0.396. The van der Waals surface area contributed by atoms with E-state index in [9.17, 15) is 4.79 Å². The molecule has 0 aliphatic carbocycles. The number of hydrogen-bond acceptors (Lipinski definition) is 7. The third-order valence-electron chi connectivity index (χ3n) is 4.50. The number of ether oxygens (including phenoxy) is 4. The first-order chi connectivity index (χ1) is 16.2. The van der Waals surface area contributed by atoms with Crippen molar-refractivity contribution in [2.24, 2.45) is 5.16 Å². The van der Waals surface area contributed by atoms with Gasteiger partial charge in [-0.3, -0.25) is 0 Å². The maximum Gasteiger partial charge on any atom is 0.344 e. The predicted molar refractivity (Wildman–Crippen MR) is 125 cm³/mol. The lowest BCUT2D eigenvalue weighted by atomic mass is 10.1. The van der Waals surface area contributed by atoms with E-state index in [1.54, 1.807) is 31.2 Å². The van der Waals surface area contributed by atoms with Crippen LogP contribution in [0.25, 0.3) is 0 Å². The van der Waals surface area contributed by atoms with Crippen LogP contribution in [0, 0.1) is 0 Å². The monoisotopic (exact) mass is 449 g/mol. The normalized spacial score (nSPS) is 10.9. The first-order valence-corrected chi connectivity index (χ1v) is 10.6. The highest BCUT2D eigenvalue weighted by molar-refractivity contribution is 6.01. The van der Waals surface area contributed by atoms with Crippen molar-refractivity contribution in [1.82, 2.24) is 0 Å². The van der Waals surface area contributed by atoms with Gasteiger partial charge in [-0.25, -0.2) is 4.79 Å². The summed E-state index contributed by atoms with van der Waals surface area (Å²) in [6.07, 6.45) is 0. The van der Waals surface area contributed by atoms with Crippen molar-refractivity contribution >= 4 is 11.7 Å². The molecule has 0 N–H and O–H groups in total. The van der Waals surface area contributed by atoms with E-state index >= 15 is 0 Å². The summed E-state index contributed by atoms with van der Waals surface area (Å²) in [6, 6.07) is 24.5. The molecule has 3 rings (SSSR count). The zero-order chi connectivity index (χ0) is 23.3. The van der Waals surface area contributed by atoms with Gasteiger partial charge >= 0.3 is 5.97 Å². The van der Waals surface area contributed by atoms with Crippen molar-refractivity contribution in [2.45, 2.75) is 13.5 Å². The van der Waals surface area contributed by atoms with Crippen molar-refractivity contribution in [1.29, 1.82) is 0 Å². The number of esters is 1. The Hall–Kier alpha value is -4.00. The van der Waals surface area contributed by atoms with Gasteiger partial charge in [-0.1, -0.05) is 47.6 Å². The fraction of sp³-hybridized carbons (Fsp3) is 0.231. The summed E-state index contributed by atoms with van der Waals surface area (Å²) < 4.78 is 21.9. The van der Waals surface area contributed by atoms with Crippen molar-refractivity contribution in [3.8, 4) is 17.2 Å². The number of carbonyl (C=O) groups is 1. The quantitative estimate of drug-likeness (QED) is 0.228. The fourth-order valence-electron chi connectivity index (χ4n) is 2.88. The highest BCUT2D eigenvalue weighted by atomic mass is 16.6. The second-order valence-corrected chi connectivity index (χ2v) is 6.87. The van der Waals surface area contributed by atoms with Gasteiger partial charge in [0.15, 0.2) is 6.61 Å². The molecule has 7 nitrogen and oxygen atoms in total. The molecule has 0 saturated carbocycles. The second-order valence-electron chi connectivity index (χ2n) is 6.87. The van der Waals surface area contributed by atoms with Gasteiger partial charge in [-0.15, -0.1) is 0 Å². The molecular formula is C26H27NO6. The van der Waals surface area contributed by atoms with Crippen LogP contribution in [-0.2, 0) is 21.0 Å². The van der Waals surface area contributed by atoms with Crippen LogP contribution in [0.4, 0.5) is 0 Å². The molecule has 7 heteroatoms. The number of nitrogens with zero attached hydrogens (tertiary/aromatic N) is 1.